The van der Waals surface area contributed by atoms with Gasteiger partial charge in [0, 0.05) is 6.20 Å². The van der Waals surface area contributed by atoms with Crippen molar-refractivity contribution in [3.05, 3.63) is 24.2 Å². The van der Waals surface area contributed by atoms with Crippen LogP contribution >= 0.6 is 0 Å². The van der Waals surface area contributed by atoms with Gasteiger partial charge in [-0.2, -0.15) is 0 Å². The topological polar surface area (TPSA) is 80.5 Å². The zero-order valence-electron chi connectivity index (χ0n) is 7.15. The summed E-state index contributed by atoms with van der Waals surface area (Å²) in [4.78, 5) is 7.00. The number of hydrogen-bond donors (Lipinski definition) is 2. The molecule has 0 saturated heterocycles. The van der Waals surface area contributed by atoms with E-state index in [0.717, 1.165) is 5.69 Å². The molecular formula is C8H9N5. The van der Waals surface area contributed by atoms with Crippen LogP contribution in [-0.4, -0.2) is 20.2 Å². The lowest BCUT2D eigenvalue weighted by Crippen LogP contribution is -2.01. The van der Waals surface area contributed by atoms with Gasteiger partial charge in [0.25, 0.3) is 0 Å². The first-order chi connectivity index (χ1) is 6.27. The fraction of sp³-hybridized carbons (Fsp3) is 0.125. The molecule has 0 fully saturated rings. The summed E-state index contributed by atoms with van der Waals surface area (Å²) < 4.78 is 0. The summed E-state index contributed by atoms with van der Waals surface area (Å²) in [5.74, 6) is 0.975. The first kappa shape index (κ1) is 7.72. The van der Waals surface area contributed by atoms with E-state index in [0.29, 0.717) is 17.3 Å². The van der Waals surface area contributed by atoms with E-state index in [-0.39, 0.29) is 0 Å². The Morgan fingerprint density at radius 1 is 1.38 bits per heavy atom. The highest BCUT2D eigenvalue weighted by molar-refractivity contribution is 5.65. The smallest absolute Gasteiger partial charge is 0.155 e. The number of anilines is 1. The summed E-state index contributed by atoms with van der Waals surface area (Å²) in [6.45, 7) is 1.75. The van der Waals surface area contributed by atoms with Gasteiger partial charge in [0.05, 0.1) is 5.69 Å². The van der Waals surface area contributed by atoms with Crippen molar-refractivity contribution in [2.75, 3.05) is 5.73 Å². The van der Waals surface area contributed by atoms with Gasteiger partial charge in [0.2, 0.25) is 0 Å². The van der Waals surface area contributed by atoms with Gasteiger partial charge in [-0.25, -0.2) is 4.98 Å². The standard InChI is InChI=1S/C8H9N5/c1-5-11-8(9)7(13-12-5)6-3-2-4-10-6/h2-4,10H,1H3,(H2,9,11,12). The van der Waals surface area contributed by atoms with Crippen LogP contribution in [0.1, 0.15) is 5.82 Å². The average Bonchev–Trinajstić information content (AvgIpc) is 2.56. The Morgan fingerprint density at radius 2 is 2.23 bits per heavy atom. The predicted molar refractivity (Wildman–Crippen MR) is 48.8 cm³/mol. The molecule has 5 nitrogen and oxygen atoms in total. The molecule has 0 atom stereocenters. The minimum absolute atomic E-state index is 0.398. The number of aryl methyl sites for hydroxylation is 1. The second-order valence-electron chi connectivity index (χ2n) is 2.68. The van der Waals surface area contributed by atoms with E-state index in [2.05, 4.69) is 20.2 Å². The van der Waals surface area contributed by atoms with Gasteiger partial charge in [0.1, 0.15) is 5.82 Å². The number of nitrogens with one attached hydrogen (secondary N) is 1. The van der Waals surface area contributed by atoms with Crippen LogP contribution in [0.25, 0.3) is 11.4 Å². The molecule has 2 rings (SSSR count). The number of hydrogen-bond acceptors (Lipinski definition) is 4. The summed E-state index contributed by atoms with van der Waals surface area (Å²) in [7, 11) is 0. The second kappa shape index (κ2) is 2.85. The van der Waals surface area contributed by atoms with E-state index in [4.69, 9.17) is 5.73 Å². The summed E-state index contributed by atoms with van der Waals surface area (Å²) in [6.07, 6.45) is 1.80. The zero-order valence-corrected chi connectivity index (χ0v) is 7.15. The molecule has 0 aromatic carbocycles. The normalized spacial score (nSPS) is 10.2. The van der Waals surface area contributed by atoms with Crippen molar-refractivity contribution >= 4 is 5.82 Å². The van der Waals surface area contributed by atoms with Gasteiger partial charge < -0.3 is 10.7 Å². The first-order valence-electron chi connectivity index (χ1n) is 3.88. The maximum atomic E-state index is 5.68. The van der Waals surface area contributed by atoms with Crippen LogP contribution in [-0.2, 0) is 0 Å². The van der Waals surface area contributed by atoms with Gasteiger partial charge in [-0.3, -0.25) is 0 Å². The molecule has 2 aromatic rings. The Kier molecular flexibility index (Phi) is 1.70. The molecule has 13 heavy (non-hydrogen) atoms. The SMILES string of the molecule is Cc1nnc(-c2ccc[nH]2)c(N)n1. The van der Waals surface area contributed by atoms with Crippen LogP contribution in [0.15, 0.2) is 18.3 Å². The highest BCUT2D eigenvalue weighted by Gasteiger charge is 2.06. The van der Waals surface area contributed by atoms with Crippen LogP contribution in [0.3, 0.4) is 0 Å². The Labute approximate surface area is 75.0 Å². The van der Waals surface area contributed by atoms with Gasteiger partial charge in [0.15, 0.2) is 11.5 Å². The molecular weight excluding hydrogens is 166 g/mol. The Bertz CT molecular complexity index is 406. The van der Waals surface area contributed by atoms with Crippen LogP contribution < -0.4 is 5.73 Å². The van der Waals surface area contributed by atoms with E-state index >= 15 is 0 Å². The predicted octanol–water partition coefficient (Wildman–Crippen LogP) is 0.757. The lowest BCUT2D eigenvalue weighted by atomic mass is 10.3. The Hall–Kier alpha value is -1.91. The highest BCUT2D eigenvalue weighted by atomic mass is 15.2. The molecule has 0 spiro atoms. The van der Waals surface area contributed by atoms with E-state index in [1.807, 2.05) is 12.1 Å². The van der Waals surface area contributed by atoms with Gasteiger partial charge in [-0.1, -0.05) is 0 Å². The van der Waals surface area contributed by atoms with Crippen molar-refractivity contribution in [1.29, 1.82) is 0 Å². The van der Waals surface area contributed by atoms with Crippen molar-refractivity contribution in [3.8, 4) is 11.4 Å². The van der Waals surface area contributed by atoms with Crippen molar-refractivity contribution in [3.63, 3.8) is 0 Å². The number of rotatable bonds is 1. The molecule has 66 valence electrons. The second-order valence-corrected chi connectivity index (χ2v) is 2.68. The molecule has 0 aliphatic heterocycles. The summed E-state index contributed by atoms with van der Waals surface area (Å²) in [6, 6.07) is 3.74. The van der Waals surface area contributed by atoms with E-state index < -0.39 is 0 Å². The molecule has 0 aliphatic carbocycles. The van der Waals surface area contributed by atoms with Crippen LogP contribution in [0.5, 0.6) is 0 Å². The fourth-order valence-corrected chi connectivity index (χ4v) is 1.09. The molecule has 0 radical (unpaired) electrons. The van der Waals surface area contributed by atoms with Crippen LogP contribution in [0.4, 0.5) is 5.82 Å². The number of H-pyrrole nitrogens is 1. The van der Waals surface area contributed by atoms with E-state index in [1.165, 1.54) is 0 Å². The van der Waals surface area contributed by atoms with E-state index in [1.54, 1.807) is 13.1 Å². The van der Waals surface area contributed by atoms with Gasteiger partial charge in [-0.15, -0.1) is 10.2 Å². The van der Waals surface area contributed by atoms with Crippen molar-refractivity contribution in [2.24, 2.45) is 0 Å². The maximum Gasteiger partial charge on any atom is 0.155 e. The lowest BCUT2D eigenvalue weighted by Gasteiger charge is -2.00. The first-order valence-corrected chi connectivity index (χ1v) is 3.88. The molecule has 0 bridgehead atoms. The van der Waals surface area contributed by atoms with Crippen molar-refractivity contribution in [1.82, 2.24) is 20.2 Å². The molecule has 2 aromatic heterocycles. The third kappa shape index (κ3) is 1.35. The number of aromatic nitrogens is 4. The average molecular weight is 175 g/mol. The van der Waals surface area contributed by atoms with Crippen molar-refractivity contribution in [2.45, 2.75) is 6.92 Å². The summed E-state index contributed by atoms with van der Waals surface area (Å²) in [5.41, 5.74) is 7.10. The fourth-order valence-electron chi connectivity index (χ4n) is 1.09. The third-order valence-corrected chi connectivity index (χ3v) is 1.67. The summed E-state index contributed by atoms with van der Waals surface area (Å²) >= 11 is 0. The highest BCUT2D eigenvalue weighted by Crippen LogP contribution is 2.17. The Balaban J connectivity index is 2.53. The molecule has 0 aliphatic rings. The molecule has 0 unspecified atom stereocenters. The molecule has 2 heterocycles. The van der Waals surface area contributed by atoms with E-state index in [9.17, 15) is 0 Å². The minimum Gasteiger partial charge on any atom is -0.382 e. The number of nitrogens with zero attached hydrogens (tertiary/aromatic N) is 3. The monoisotopic (exact) mass is 175 g/mol. The summed E-state index contributed by atoms with van der Waals surface area (Å²) in [5, 5.41) is 7.79. The molecule has 0 amide bonds. The molecule has 3 N–H and O–H groups in total. The number of aromatic amines is 1. The van der Waals surface area contributed by atoms with Crippen LogP contribution in [0.2, 0.25) is 0 Å². The molecule has 0 saturated carbocycles. The van der Waals surface area contributed by atoms with Crippen molar-refractivity contribution < 1.29 is 0 Å². The minimum atomic E-state index is 0.398. The van der Waals surface area contributed by atoms with Gasteiger partial charge >= 0.3 is 0 Å². The zero-order chi connectivity index (χ0) is 9.26. The maximum absolute atomic E-state index is 5.68. The number of nitrogen functional groups attached to an aromatic ring is 1. The number of nitrogens with two attached hydrogens (primary N) is 1. The lowest BCUT2D eigenvalue weighted by molar-refractivity contribution is 0.918. The third-order valence-electron chi connectivity index (χ3n) is 1.67. The molecule has 5 heteroatoms. The van der Waals surface area contributed by atoms with Gasteiger partial charge in [-0.05, 0) is 19.1 Å². The van der Waals surface area contributed by atoms with Crippen LogP contribution in [0, 0.1) is 6.92 Å². The quantitative estimate of drug-likeness (QED) is 0.670. The largest absolute Gasteiger partial charge is 0.382 e. The Morgan fingerprint density at radius 3 is 2.85 bits per heavy atom.